The first-order valence-corrected chi connectivity index (χ1v) is 7.90. The average molecular weight is 306 g/mol. The van der Waals surface area contributed by atoms with Gasteiger partial charge in [0, 0.05) is 12.4 Å². The zero-order valence-corrected chi connectivity index (χ0v) is 12.8. The number of aromatic amines is 1. The van der Waals surface area contributed by atoms with Gasteiger partial charge in [-0.1, -0.05) is 12.1 Å². The summed E-state index contributed by atoms with van der Waals surface area (Å²) in [5.41, 5.74) is 5.24. The van der Waals surface area contributed by atoms with E-state index < -0.39 is 0 Å². The second kappa shape index (κ2) is 6.30. The van der Waals surface area contributed by atoms with Crippen LogP contribution in [0.3, 0.4) is 0 Å². The van der Waals surface area contributed by atoms with Crippen LogP contribution in [0.25, 0.3) is 11.4 Å². The maximum atomic E-state index is 6.07. The largest absolute Gasteiger partial charge is 0.367 e. The number of hydrogen-bond donors (Lipinski definition) is 1. The molecule has 3 aromatic heterocycles. The van der Waals surface area contributed by atoms with Crippen LogP contribution in [0.15, 0.2) is 48.9 Å². The minimum absolute atomic E-state index is 0.108. The van der Waals surface area contributed by atoms with Crippen LogP contribution in [-0.2, 0) is 17.8 Å². The molecule has 0 amide bonds. The van der Waals surface area contributed by atoms with Crippen LogP contribution in [0.4, 0.5) is 0 Å². The number of rotatable bonds is 4. The molecule has 0 aromatic carbocycles. The van der Waals surface area contributed by atoms with Gasteiger partial charge in [0.25, 0.3) is 0 Å². The first kappa shape index (κ1) is 14.1. The van der Waals surface area contributed by atoms with E-state index in [1.807, 2.05) is 42.7 Å². The van der Waals surface area contributed by atoms with Gasteiger partial charge in [0.05, 0.1) is 36.0 Å². The number of H-pyrrole nitrogens is 1. The van der Waals surface area contributed by atoms with Crippen LogP contribution in [0.2, 0.25) is 0 Å². The van der Waals surface area contributed by atoms with Gasteiger partial charge in [-0.15, -0.1) is 0 Å². The van der Waals surface area contributed by atoms with Crippen molar-refractivity contribution in [3.05, 3.63) is 65.7 Å². The van der Waals surface area contributed by atoms with E-state index in [2.05, 4.69) is 20.2 Å². The van der Waals surface area contributed by atoms with E-state index in [-0.39, 0.29) is 6.10 Å². The predicted octanol–water partition coefficient (Wildman–Crippen LogP) is 3.46. The molecule has 0 saturated heterocycles. The Bertz CT molecular complexity index is 767. The van der Waals surface area contributed by atoms with Gasteiger partial charge in [-0.2, -0.15) is 5.10 Å². The molecule has 1 aliphatic rings. The Labute approximate surface area is 134 Å². The molecule has 0 fully saturated rings. The molecule has 0 saturated carbocycles. The molecule has 116 valence electrons. The number of nitrogens with zero attached hydrogens (tertiary/aromatic N) is 3. The van der Waals surface area contributed by atoms with Crippen LogP contribution < -0.4 is 0 Å². The summed E-state index contributed by atoms with van der Waals surface area (Å²) >= 11 is 0. The fourth-order valence-electron chi connectivity index (χ4n) is 2.96. The Morgan fingerprint density at radius 1 is 1.09 bits per heavy atom. The fraction of sp³-hybridized carbons (Fsp3) is 0.278. The van der Waals surface area contributed by atoms with Gasteiger partial charge >= 0.3 is 0 Å². The molecule has 0 unspecified atom stereocenters. The summed E-state index contributed by atoms with van der Waals surface area (Å²) in [5.74, 6) is 0. The van der Waals surface area contributed by atoms with Crippen molar-refractivity contribution in [2.45, 2.75) is 32.0 Å². The molecule has 23 heavy (non-hydrogen) atoms. The molecule has 1 aliphatic carbocycles. The highest BCUT2D eigenvalue weighted by Crippen LogP contribution is 2.31. The van der Waals surface area contributed by atoms with Crippen molar-refractivity contribution in [1.29, 1.82) is 0 Å². The lowest BCUT2D eigenvalue weighted by Gasteiger charge is -2.22. The maximum Gasteiger partial charge on any atom is 0.0996 e. The molecule has 0 radical (unpaired) electrons. The van der Waals surface area contributed by atoms with E-state index in [0.717, 1.165) is 41.9 Å². The van der Waals surface area contributed by atoms with Crippen LogP contribution in [0.1, 0.15) is 35.8 Å². The molecular weight excluding hydrogens is 288 g/mol. The summed E-state index contributed by atoms with van der Waals surface area (Å²) in [4.78, 5) is 8.80. The highest BCUT2D eigenvalue weighted by molar-refractivity contribution is 5.53. The van der Waals surface area contributed by atoms with Crippen molar-refractivity contribution < 1.29 is 4.74 Å². The summed E-state index contributed by atoms with van der Waals surface area (Å²) in [6, 6.07) is 9.86. The van der Waals surface area contributed by atoms with Crippen LogP contribution in [0.5, 0.6) is 0 Å². The standard InChI is InChI=1S/C18H18N4O/c1-2-9-19-15(5-1)16-8-7-13(10-20-16)12-23-17-6-3-4-14-11-21-22-18(14)17/h1-2,5,7-11,17H,3-4,6,12H2,(H,21,22)/t17-/m0/s1. The second-order valence-electron chi connectivity index (χ2n) is 5.77. The van der Waals surface area contributed by atoms with Gasteiger partial charge < -0.3 is 4.74 Å². The van der Waals surface area contributed by atoms with E-state index in [1.165, 1.54) is 5.56 Å². The Kier molecular flexibility index (Phi) is 3.86. The van der Waals surface area contributed by atoms with Crippen molar-refractivity contribution in [3.8, 4) is 11.4 Å². The predicted molar refractivity (Wildman–Crippen MR) is 86.5 cm³/mol. The summed E-state index contributed by atoms with van der Waals surface area (Å²) in [7, 11) is 0. The van der Waals surface area contributed by atoms with E-state index in [0.29, 0.717) is 6.61 Å². The van der Waals surface area contributed by atoms with Crippen molar-refractivity contribution in [1.82, 2.24) is 20.2 Å². The van der Waals surface area contributed by atoms with Gasteiger partial charge in [-0.05, 0) is 48.6 Å². The van der Waals surface area contributed by atoms with Crippen molar-refractivity contribution in [2.24, 2.45) is 0 Å². The Morgan fingerprint density at radius 3 is 2.87 bits per heavy atom. The van der Waals surface area contributed by atoms with E-state index in [9.17, 15) is 0 Å². The molecule has 1 N–H and O–H groups in total. The number of pyridine rings is 2. The molecule has 4 rings (SSSR count). The monoisotopic (exact) mass is 306 g/mol. The molecule has 0 bridgehead atoms. The summed E-state index contributed by atoms with van der Waals surface area (Å²) in [6.07, 6.45) is 8.93. The smallest absolute Gasteiger partial charge is 0.0996 e. The lowest BCUT2D eigenvalue weighted by atomic mass is 9.96. The molecule has 5 nitrogen and oxygen atoms in total. The molecule has 1 atom stereocenters. The molecule has 5 heteroatoms. The second-order valence-corrected chi connectivity index (χ2v) is 5.77. The summed E-state index contributed by atoms with van der Waals surface area (Å²) < 4.78 is 6.07. The van der Waals surface area contributed by atoms with Gasteiger partial charge in [-0.25, -0.2) is 0 Å². The van der Waals surface area contributed by atoms with E-state index in [1.54, 1.807) is 6.20 Å². The first-order valence-electron chi connectivity index (χ1n) is 7.90. The fourth-order valence-corrected chi connectivity index (χ4v) is 2.96. The molecule has 0 spiro atoms. The third-order valence-corrected chi connectivity index (χ3v) is 4.19. The molecular formula is C18H18N4O. The Balaban J connectivity index is 1.43. The number of fused-ring (bicyclic) bond motifs is 1. The molecule has 0 aliphatic heterocycles. The maximum absolute atomic E-state index is 6.07. The lowest BCUT2D eigenvalue weighted by Crippen LogP contribution is -2.12. The van der Waals surface area contributed by atoms with E-state index in [4.69, 9.17) is 4.74 Å². The van der Waals surface area contributed by atoms with Gasteiger partial charge in [-0.3, -0.25) is 15.1 Å². The average Bonchev–Trinajstić information content (AvgIpc) is 3.10. The summed E-state index contributed by atoms with van der Waals surface area (Å²) in [6.45, 7) is 0.554. The number of nitrogens with one attached hydrogen (secondary N) is 1. The highest BCUT2D eigenvalue weighted by atomic mass is 16.5. The van der Waals surface area contributed by atoms with Crippen molar-refractivity contribution in [3.63, 3.8) is 0 Å². The number of ether oxygens (including phenoxy) is 1. The SMILES string of the molecule is c1ccc(-c2ccc(CO[C@H]3CCCc4cn[nH]c43)cn2)nc1. The quantitative estimate of drug-likeness (QED) is 0.801. The topological polar surface area (TPSA) is 63.7 Å². The number of aryl methyl sites for hydroxylation is 1. The minimum atomic E-state index is 0.108. The Hall–Kier alpha value is -2.53. The van der Waals surface area contributed by atoms with Gasteiger partial charge in [0.15, 0.2) is 0 Å². The molecule has 3 aromatic rings. The van der Waals surface area contributed by atoms with Crippen molar-refractivity contribution >= 4 is 0 Å². The zero-order valence-electron chi connectivity index (χ0n) is 12.8. The Morgan fingerprint density at radius 2 is 2.04 bits per heavy atom. The van der Waals surface area contributed by atoms with Crippen molar-refractivity contribution in [2.75, 3.05) is 0 Å². The third-order valence-electron chi connectivity index (χ3n) is 4.19. The zero-order chi connectivity index (χ0) is 15.5. The lowest BCUT2D eigenvalue weighted by molar-refractivity contribution is 0.0253. The van der Waals surface area contributed by atoms with E-state index >= 15 is 0 Å². The summed E-state index contributed by atoms with van der Waals surface area (Å²) in [5, 5.41) is 7.21. The minimum Gasteiger partial charge on any atom is -0.367 e. The van der Waals surface area contributed by atoms with Gasteiger partial charge in [0.2, 0.25) is 0 Å². The number of hydrogen-bond acceptors (Lipinski definition) is 4. The third kappa shape index (κ3) is 3.00. The molecule has 3 heterocycles. The highest BCUT2D eigenvalue weighted by Gasteiger charge is 2.22. The normalized spacial score (nSPS) is 17.0. The van der Waals surface area contributed by atoms with Crippen LogP contribution in [-0.4, -0.2) is 20.2 Å². The van der Waals surface area contributed by atoms with Gasteiger partial charge in [0.1, 0.15) is 0 Å². The van der Waals surface area contributed by atoms with Crippen LogP contribution in [0, 0.1) is 0 Å². The first-order chi connectivity index (χ1) is 11.4. The van der Waals surface area contributed by atoms with Crippen LogP contribution >= 0.6 is 0 Å². The number of aromatic nitrogens is 4.